The molecule has 3 unspecified atom stereocenters. The van der Waals surface area contributed by atoms with Crippen molar-refractivity contribution >= 4 is 0 Å². The molecule has 2 saturated carbocycles. The van der Waals surface area contributed by atoms with E-state index in [1.165, 1.54) is 57.4 Å². The summed E-state index contributed by atoms with van der Waals surface area (Å²) in [4.78, 5) is 4.51. The van der Waals surface area contributed by atoms with Crippen molar-refractivity contribution in [3.8, 4) is 0 Å². The summed E-state index contributed by atoms with van der Waals surface area (Å²) in [7, 11) is 2.12. The predicted octanol–water partition coefficient (Wildman–Crippen LogP) is 3.16. The average molecular weight is 275 g/mol. The number of imidazole rings is 1. The zero-order valence-corrected chi connectivity index (χ0v) is 13.1. The van der Waals surface area contributed by atoms with Crippen LogP contribution in [0.3, 0.4) is 0 Å². The standard InChI is InChI=1S/C17H29N3/c1-3-8-18-13-17(12-14-4-5-15(17)11-14)7-6-16-19-9-10-20(16)2/h9-10,14-15,18H,3-8,11-13H2,1-2H3. The third-order valence-electron chi connectivity index (χ3n) is 5.77. The van der Waals surface area contributed by atoms with Crippen LogP contribution in [-0.4, -0.2) is 22.6 Å². The van der Waals surface area contributed by atoms with E-state index in [0.717, 1.165) is 18.3 Å². The Hall–Kier alpha value is -0.830. The molecule has 0 spiro atoms. The fraction of sp³-hybridized carbons (Fsp3) is 0.824. The van der Waals surface area contributed by atoms with Gasteiger partial charge in [0.2, 0.25) is 0 Å². The van der Waals surface area contributed by atoms with Crippen molar-refractivity contribution in [1.29, 1.82) is 0 Å². The van der Waals surface area contributed by atoms with Crippen LogP contribution in [0.1, 0.15) is 51.3 Å². The van der Waals surface area contributed by atoms with Crippen LogP contribution < -0.4 is 5.32 Å². The third-order valence-corrected chi connectivity index (χ3v) is 5.77. The normalized spacial score (nSPS) is 32.1. The Morgan fingerprint density at radius 2 is 2.35 bits per heavy atom. The maximum atomic E-state index is 4.51. The molecule has 1 aromatic rings. The van der Waals surface area contributed by atoms with Gasteiger partial charge in [-0.1, -0.05) is 13.3 Å². The molecule has 1 aromatic heterocycles. The van der Waals surface area contributed by atoms with Crippen LogP contribution in [0.4, 0.5) is 0 Å². The van der Waals surface area contributed by atoms with Gasteiger partial charge in [0.1, 0.15) is 5.82 Å². The first-order valence-electron chi connectivity index (χ1n) is 8.40. The predicted molar refractivity (Wildman–Crippen MR) is 82.6 cm³/mol. The number of aryl methyl sites for hydroxylation is 2. The van der Waals surface area contributed by atoms with Gasteiger partial charge in [-0.15, -0.1) is 0 Å². The number of nitrogens with zero attached hydrogens (tertiary/aromatic N) is 2. The quantitative estimate of drug-likeness (QED) is 0.775. The molecule has 3 heteroatoms. The van der Waals surface area contributed by atoms with Gasteiger partial charge in [-0.3, -0.25) is 0 Å². The van der Waals surface area contributed by atoms with E-state index >= 15 is 0 Å². The van der Waals surface area contributed by atoms with Crippen molar-refractivity contribution in [3.63, 3.8) is 0 Å². The van der Waals surface area contributed by atoms with Gasteiger partial charge < -0.3 is 9.88 Å². The summed E-state index contributed by atoms with van der Waals surface area (Å²) in [6, 6.07) is 0. The Bertz CT molecular complexity index is 439. The molecule has 2 aliphatic carbocycles. The summed E-state index contributed by atoms with van der Waals surface area (Å²) in [5.41, 5.74) is 0.560. The van der Waals surface area contributed by atoms with Crippen LogP contribution in [0.5, 0.6) is 0 Å². The summed E-state index contributed by atoms with van der Waals surface area (Å²) in [5.74, 6) is 3.24. The third kappa shape index (κ3) is 2.65. The number of hydrogen-bond acceptors (Lipinski definition) is 2. The van der Waals surface area contributed by atoms with Gasteiger partial charge in [-0.05, 0) is 55.9 Å². The van der Waals surface area contributed by atoms with Crippen LogP contribution >= 0.6 is 0 Å². The van der Waals surface area contributed by atoms with Gasteiger partial charge in [-0.25, -0.2) is 4.98 Å². The molecule has 112 valence electrons. The van der Waals surface area contributed by atoms with Crippen LogP contribution in [0.25, 0.3) is 0 Å². The monoisotopic (exact) mass is 275 g/mol. The van der Waals surface area contributed by atoms with Crippen LogP contribution in [0, 0.1) is 17.3 Å². The van der Waals surface area contributed by atoms with E-state index in [1.54, 1.807) is 0 Å². The van der Waals surface area contributed by atoms with Crippen molar-refractivity contribution in [2.24, 2.45) is 24.3 Å². The number of aromatic nitrogens is 2. The summed E-state index contributed by atoms with van der Waals surface area (Å²) in [5, 5.41) is 3.72. The van der Waals surface area contributed by atoms with Crippen molar-refractivity contribution in [3.05, 3.63) is 18.2 Å². The summed E-state index contributed by atoms with van der Waals surface area (Å²) >= 11 is 0. The van der Waals surface area contributed by atoms with Crippen molar-refractivity contribution < 1.29 is 0 Å². The fourth-order valence-electron chi connectivity index (χ4n) is 4.68. The molecule has 2 bridgehead atoms. The Labute approximate surface area is 123 Å². The molecule has 0 radical (unpaired) electrons. The van der Waals surface area contributed by atoms with Crippen molar-refractivity contribution in [2.75, 3.05) is 13.1 Å². The lowest BCUT2D eigenvalue weighted by molar-refractivity contribution is 0.142. The molecule has 2 aliphatic rings. The number of hydrogen-bond donors (Lipinski definition) is 1. The van der Waals surface area contributed by atoms with Gasteiger partial charge in [-0.2, -0.15) is 0 Å². The Morgan fingerprint density at radius 3 is 2.95 bits per heavy atom. The summed E-state index contributed by atoms with van der Waals surface area (Å²) < 4.78 is 2.18. The first-order chi connectivity index (χ1) is 9.73. The van der Waals surface area contributed by atoms with Gasteiger partial charge in [0.25, 0.3) is 0 Å². The van der Waals surface area contributed by atoms with Crippen LogP contribution in [-0.2, 0) is 13.5 Å². The molecular weight excluding hydrogens is 246 g/mol. The molecule has 0 saturated heterocycles. The van der Waals surface area contributed by atoms with Gasteiger partial charge in [0, 0.05) is 32.4 Å². The molecule has 3 rings (SSSR count). The molecule has 1 N–H and O–H groups in total. The van der Waals surface area contributed by atoms with E-state index in [-0.39, 0.29) is 0 Å². The molecule has 1 heterocycles. The second kappa shape index (κ2) is 5.88. The maximum absolute atomic E-state index is 4.51. The SMILES string of the molecule is CCCNCC1(CCc2nccn2C)CC2CCC1C2. The van der Waals surface area contributed by atoms with E-state index in [4.69, 9.17) is 0 Å². The lowest BCUT2D eigenvalue weighted by Gasteiger charge is -2.38. The molecule has 20 heavy (non-hydrogen) atoms. The Balaban J connectivity index is 1.65. The van der Waals surface area contributed by atoms with Gasteiger partial charge in [0.05, 0.1) is 0 Å². The Kier molecular flexibility index (Phi) is 4.16. The molecule has 3 nitrogen and oxygen atoms in total. The number of rotatable bonds is 7. The lowest BCUT2D eigenvalue weighted by atomic mass is 9.70. The average Bonchev–Trinajstić information content (AvgIpc) is 3.13. The van der Waals surface area contributed by atoms with Crippen LogP contribution in [0.15, 0.2) is 12.4 Å². The minimum absolute atomic E-state index is 0.560. The lowest BCUT2D eigenvalue weighted by Crippen LogP contribution is -2.39. The van der Waals surface area contributed by atoms with Gasteiger partial charge in [0.15, 0.2) is 0 Å². The first-order valence-corrected chi connectivity index (χ1v) is 8.40. The van der Waals surface area contributed by atoms with E-state index in [0.29, 0.717) is 5.41 Å². The molecule has 0 aliphatic heterocycles. The smallest absolute Gasteiger partial charge is 0.108 e. The molecule has 0 aromatic carbocycles. The van der Waals surface area contributed by atoms with E-state index in [9.17, 15) is 0 Å². The largest absolute Gasteiger partial charge is 0.338 e. The topological polar surface area (TPSA) is 29.9 Å². The second-order valence-electron chi connectivity index (χ2n) is 7.07. The minimum atomic E-state index is 0.560. The molecule has 3 atom stereocenters. The number of nitrogens with one attached hydrogen (secondary N) is 1. The molecule has 0 amide bonds. The first kappa shape index (κ1) is 14.1. The van der Waals surface area contributed by atoms with Crippen molar-refractivity contribution in [1.82, 2.24) is 14.9 Å². The highest BCUT2D eigenvalue weighted by molar-refractivity contribution is 5.03. The molecule has 2 fully saturated rings. The highest BCUT2D eigenvalue weighted by atomic mass is 15.0. The molecular formula is C17H29N3. The maximum Gasteiger partial charge on any atom is 0.108 e. The zero-order valence-electron chi connectivity index (χ0n) is 13.1. The zero-order chi connectivity index (χ0) is 14.0. The van der Waals surface area contributed by atoms with E-state index in [1.807, 2.05) is 6.20 Å². The highest BCUT2D eigenvalue weighted by Crippen LogP contribution is 2.57. The van der Waals surface area contributed by atoms with E-state index in [2.05, 4.69) is 35.0 Å². The van der Waals surface area contributed by atoms with Gasteiger partial charge >= 0.3 is 0 Å². The minimum Gasteiger partial charge on any atom is -0.338 e. The highest BCUT2D eigenvalue weighted by Gasteiger charge is 2.49. The second-order valence-corrected chi connectivity index (χ2v) is 7.07. The van der Waals surface area contributed by atoms with Crippen molar-refractivity contribution in [2.45, 2.75) is 51.9 Å². The Morgan fingerprint density at radius 1 is 1.45 bits per heavy atom. The summed E-state index contributed by atoms with van der Waals surface area (Å²) in [6.07, 6.45) is 13.6. The fourth-order valence-corrected chi connectivity index (χ4v) is 4.68. The van der Waals surface area contributed by atoms with Crippen LogP contribution in [0.2, 0.25) is 0 Å². The number of fused-ring (bicyclic) bond motifs is 2. The summed E-state index contributed by atoms with van der Waals surface area (Å²) in [6.45, 7) is 4.66. The van der Waals surface area contributed by atoms with E-state index < -0.39 is 0 Å².